The molecule has 1 aromatic carbocycles. The van der Waals surface area contributed by atoms with E-state index in [9.17, 15) is 18.0 Å². The molecule has 0 saturated carbocycles. The van der Waals surface area contributed by atoms with Crippen LogP contribution in [0, 0.1) is 0 Å². The molecule has 0 heterocycles. The largest absolute Gasteiger partial charge is 0.418 e. The van der Waals surface area contributed by atoms with E-state index in [1.165, 1.54) is 19.2 Å². The standard InChI is InChI=1S/C13H16F3NO2/c1-3-17(6-7-19-2)12-5-4-10(9-18)8-11(12)13(14,15)16/h4-5,8-9H,3,6-7H2,1-2H3. The fourth-order valence-corrected chi connectivity index (χ4v) is 1.78. The first kappa shape index (κ1) is 15.5. The smallest absolute Gasteiger partial charge is 0.383 e. The van der Waals surface area contributed by atoms with Gasteiger partial charge in [-0.2, -0.15) is 13.2 Å². The molecule has 0 N–H and O–H groups in total. The molecule has 0 saturated heterocycles. The molecule has 3 nitrogen and oxygen atoms in total. The molecule has 0 aliphatic heterocycles. The molecule has 1 aromatic rings. The number of hydrogen-bond acceptors (Lipinski definition) is 3. The molecule has 0 amide bonds. The number of anilines is 1. The minimum absolute atomic E-state index is 0.0128. The average Bonchev–Trinajstić information content (AvgIpc) is 2.38. The van der Waals surface area contributed by atoms with E-state index in [1.807, 2.05) is 0 Å². The predicted octanol–water partition coefficient (Wildman–Crippen LogP) is 2.99. The molecule has 0 aromatic heterocycles. The molecule has 0 aliphatic carbocycles. The molecule has 0 atom stereocenters. The highest BCUT2D eigenvalue weighted by molar-refractivity contribution is 5.77. The van der Waals surface area contributed by atoms with Crippen LogP contribution >= 0.6 is 0 Å². The van der Waals surface area contributed by atoms with Gasteiger partial charge in [0, 0.05) is 31.5 Å². The van der Waals surface area contributed by atoms with Crippen LogP contribution in [0.25, 0.3) is 0 Å². The third kappa shape index (κ3) is 3.96. The minimum Gasteiger partial charge on any atom is -0.383 e. The van der Waals surface area contributed by atoms with Crippen molar-refractivity contribution >= 4 is 12.0 Å². The minimum atomic E-state index is -4.49. The van der Waals surface area contributed by atoms with E-state index in [0.29, 0.717) is 26.0 Å². The second kappa shape index (κ2) is 6.56. The van der Waals surface area contributed by atoms with E-state index in [2.05, 4.69) is 0 Å². The first-order valence-corrected chi connectivity index (χ1v) is 5.84. The van der Waals surface area contributed by atoms with Gasteiger partial charge in [0.25, 0.3) is 0 Å². The van der Waals surface area contributed by atoms with Crippen LogP contribution in [0.15, 0.2) is 18.2 Å². The Morgan fingerprint density at radius 1 is 1.37 bits per heavy atom. The molecule has 0 spiro atoms. The van der Waals surface area contributed by atoms with Crippen molar-refractivity contribution in [1.82, 2.24) is 0 Å². The van der Waals surface area contributed by atoms with Crippen molar-refractivity contribution in [2.45, 2.75) is 13.1 Å². The highest BCUT2D eigenvalue weighted by Gasteiger charge is 2.35. The van der Waals surface area contributed by atoms with Crippen molar-refractivity contribution in [1.29, 1.82) is 0 Å². The van der Waals surface area contributed by atoms with Gasteiger partial charge < -0.3 is 9.64 Å². The molecule has 0 fully saturated rings. The Labute approximate surface area is 110 Å². The number of hydrogen-bond donors (Lipinski definition) is 0. The third-order valence-corrected chi connectivity index (χ3v) is 2.75. The number of benzene rings is 1. The van der Waals surface area contributed by atoms with Crippen LogP contribution in [-0.4, -0.2) is 33.1 Å². The monoisotopic (exact) mass is 275 g/mol. The Kier molecular flexibility index (Phi) is 5.35. The Morgan fingerprint density at radius 3 is 2.53 bits per heavy atom. The molecule has 1 rings (SSSR count). The number of methoxy groups -OCH3 is 1. The van der Waals surface area contributed by atoms with Gasteiger partial charge in [-0.1, -0.05) is 0 Å². The molecule has 19 heavy (non-hydrogen) atoms. The third-order valence-electron chi connectivity index (χ3n) is 2.75. The predicted molar refractivity (Wildman–Crippen MR) is 66.6 cm³/mol. The van der Waals surface area contributed by atoms with Gasteiger partial charge in [0.15, 0.2) is 0 Å². The van der Waals surface area contributed by atoms with Gasteiger partial charge >= 0.3 is 6.18 Å². The van der Waals surface area contributed by atoms with Crippen molar-refractivity contribution < 1.29 is 22.7 Å². The zero-order valence-electron chi connectivity index (χ0n) is 10.8. The molecule has 0 radical (unpaired) electrons. The summed E-state index contributed by atoms with van der Waals surface area (Å²) >= 11 is 0. The molecule has 0 unspecified atom stereocenters. The van der Waals surface area contributed by atoms with Crippen LogP contribution in [-0.2, 0) is 10.9 Å². The van der Waals surface area contributed by atoms with Gasteiger partial charge in [0.1, 0.15) is 6.29 Å². The van der Waals surface area contributed by atoms with Crippen molar-refractivity contribution in [2.24, 2.45) is 0 Å². The maximum absolute atomic E-state index is 13.0. The van der Waals surface area contributed by atoms with Crippen LogP contribution in [0.2, 0.25) is 0 Å². The normalized spacial score (nSPS) is 11.4. The number of nitrogens with zero attached hydrogens (tertiary/aromatic N) is 1. The number of aldehydes is 1. The lowest BCUT2D eigenvalue weighted by atomic mass is 10.1. The second-order valence-corrected chi connectivity index (χ2v) is 3.96. The number of halogens is 3. The van der Waals surface area contributed by atoms with E-state index in [1.54, 1.807) is 11.8 Å². The molecule has 106 valence electrons. The summed E-state index contributed by atoms with van der Waals surface area (Å²) in [5.74, 6) is 0. The highest BCUT2D eigenvalue weighted by Crippen LogP contribution is 2.37. The lowest BCUT2D eigenvalue weighted by Gasteiger charge is -2.26. The summed E-state index contributed by atoms with van der Waals surface area (Å²) in [4.78, 5) is 12.2. The number of carbonyl (C=O) groups is 1. The number of likely N-dealkylation sites (N-methyl/N-ethyl adjacent to an activating group) is 1. The molecular weight excluding hydrogens is 259 g/mol. The van der Waals surface area contributed by atoms with Gasteiger partial charge in [-0.3, -0.25) is 4.79 Å². The Bertz CT molecular complexity index is 432. The van der Waals surface area contributed by atoms with Crippen LogP contribution in [0.4, 0.5) is 18.9 Å². The molecule has 0 bridgehead atoms. The lowest BCUT2D eigenvalue weighted by Crippen LogP contribution is -2.29. The Balaban J connectivity index is 3.20. The maximum atomic E-state index is 13.0. The lowest BCUT2D eigenvalue weighted by molar-refractivity contribution is -0.137. The quantitative estimate of drug-likeness (QED) is 0.747. The fraction of sp³-hybridized carbons (Fsp3) is 0.462. The molecule has 6 heteroatoms. The number of ether oxygens (including phenoxy) is 1. The van der Waals surface area contributed by atoms with Gasteiger partial charge in [-0.25, -0.2) is 0 Å². The van der Waals surface area contributed by atoms with E-state index < -0.39 is 11.7 Å². The zero-order chi connectivity index (χ0) is 14.5. The highest BCUT2D eigenvalue weighted by atomic mass is 19.4. The summed E-state index contributed by atoms with van der Waals surface area (Å²) in [6.07, 6.45) is -4.08. The average molecular weight is 275 g/mol. The van der Waals surface area contributed by atoms with Crippen LogP contribution in [0.1, 0.15) is 22.8 Å². The number of alkyl halides is 3. The summed E-state index contributed by atoms with van der Waals surface area (Å²) < 4.78 is 43.9. The van der Waals surface area contributed by atoms with Crippen molar-refractivity contribution in [3.63, 3.8) is 0 Å². The van der Waals surface area contributed by atoms with Crippen LogP contribution in [0.5, 0.6) is 0 Å². The fourth-order valence-electron chi connectivity index (χ4n) is 1.78. The summed E-state index contributed by atoms with van der Waals surface area (Å²) in [7, 11) is 1.49. The van der Waals surface area contributed by atoms with Crippen molar-refractivity contribution in [2.75, 3.05) is 31.7 Å². The first-order chi connectivity index (χ1) is 8.93. The van der Waals surface area contributed by atoms with Crippen LogP contribution in [0.3, 0.4) is 0 Å². The summed E-state index contributed by atoms with van der Waals surface area (Å²) in [6, 6.07) is 3.58. The summed E-state index contributed by atoms with van der Waals surface area (Å²) in [5, 5.41) is 0. The zero-order valence-corrected chi connectivity index (χ0v) is 10.8. The van der Waals surface area contributed by atoms with Crippen LogP contribution < -0.4 is 4.90 Å². The van der Waals surface area contributed by atoms with E-state index >= 15 is 0 Å². The van der Waals surface area contributed by atoms with E-state index in [4.69, 9.17) is 4.74 Å². The number of carbonyl (C=O) groups excluding carboxylic acids is 1. The Hall–Kier alpha value is -1.56. The van der Waals surface area contributed by atoms with E-state index in [0.717, 1.165) is 6.07 Å². The van der Waals surface area contributed by atoms with Gasteiger partial charge in [-0.15, -0.1) is 0 Å². The molecular formula is C13H16F3NO2. The second-order valence-electron chi connectivity index (χ2n) is 3.96. The number of rotatable bonds is 6. The molecule has 0 aliphatic rings. The van der Waals surface area contributed by atoms with Gasteiger partial charge in [0.2, 0.25) is 0 Å². The van der Waals surface area contributed by atoms with Crippen molar-refractivity contribution in [3.8, 4) is 0 Å². The van der Waals surface area contributed by atoms with Crippen molar-refractivity contribution in [3.05, 3.63) is 29.3 Å². The maximum Gasteiger partial charge on any atom is 0.418 e. The van der Waals surface area contributed by atoms with Gasteiger partial charge in [-0.05, 0) is 25.1 Å². The first-order valence-electron chi connectivity index (χ1n) is 5.84. The topological polar surface area (TPSA) is 29.5 Å². The Morgan fingerprint density at radius 2 is 2.05 bits per heavy atom. The summed E-state index contributed by atoms with van der Waals surface area (Å²) in [6.45, 7) is 2.88. The van der Waals surface area contributed by atoms with Gasteiger partial charge in [0.05, 0.1) is 12.2 Å². The SMILES string of the molecule is CCN(CCOC)c1ccc(C=O)cc1C(F)(F)F. The summed E-state index contributed by atoms with van der Waals surface area (Å²) in [5.41, 5.74) is -0.716. The van der Waals surface area contributed by atoms with E-state index in [-0.39, 0.29) is 11.3 Å².